The summed E-state index contributed by atoms with van der Waals surface area (Å²) in [6, 6.07) is 5.11. The van der Waals surface area contributed by atoms with Crippen LogP contribution in [0.15, 0.2) is 18.2 Å². The monoisotopic (exact) mass is 305 g/mol. The van der Waals surface area contributed by atoms with Crippen LogP contribution in [0.5, 0.6) is 0 Å². The molecule has 18 heavy (non-hydrogen) atoms. The molecule has 0 heterocycles. The Morgan fingerprint density at radius 2 is 1.78 bits per heavy atom. The quantitative estimate of drug-likeness (QED) is 0.812. The van der Waals surface area contributed by atoms with Gasteiger partial charge in [0.15, 0.2) is 0 Å². The number of nitrogens with one attached hydrogen (secondary N) is 1. The van der Waals surface area contributed by atoms with Crippen LogP contribution in [-0.2, 0) is 0 Å². The third-order valence-corrected chi connectivity index (χ3v) is 4.35. The van der Waals surface area contributed by atoms with Gasteiger partial charge in [-0.05, 0) is 43.9 Å². The number of benzene rings is 1. The van der Waals surface area contributed by atoms with Crippen molar-refractivity contribution in [3.05, 3.63) is 33.8 Å². The zero-order chi connectivity index (χ0) is 13.1. The Kier molecular flexibility index (Phi) is 4.77. The normalized spacial score (nSPS) is 23.7. The molecule has 0 aliphatic heterocycles. The third-order valence-electron chi connectivity index (χ3n) is 3.17. The van der Waals surface area contributed by atoms with Gasteiger partial charge in [0.05, 0.1) is 10.0 Å². The van der Waals surface area contributed by atoms with Crippen molar-refractivity contribution in [3.63, 3.8) is 0 Å². The van der Waals surface area contributed by atoms with E-state index in [-0.39, 0.29) is 17.3 Å². The van der Waals surface area contributed by atoms with Gasteiger partial charge in [0.2, 0.25) is 0 Å². The Morgan fingerprint density at radius 1 is 1.11 bits per heavy atom. The van der Waals surface area contributed by atoms with Crippen molar-refractivity contribution in [2.75, 3.05) is 0 Å². The van der Waals surface area contributed by atoms with Crippen LogP contribution in [0, 0.1) is 0 Å². The first-order valence-electron chi connectivity index (χ1n) is 5.96. The SMILES string of the molecule is O=C(NC1CCC(Cl)CC1)c1ccc(Cl)c(Cl)c1. The lowest BCUT2D eigenvalue weighted by atomic mass is 9.95. The highest BCUT2D eigenvalue weighted by molar-refractivity contribution is 6.42. The fourth-order valence-electron chi connectivity index (χ4n) is 2.10. The summed E-state index contributed by atoms with van der Waals surface area (Å²) in [4.78, 5) is 12.0. The van der Waals surface area contributed by atoms with Crippen LogP contribution in [0.1, 0.15) is 36.0 Å². The molecular formula is C13H14Cl3NO. The molecule has 0 saturated heterocycles. The second-order valence-electron chi connectivity index (χ2n) is 4.55. The van der Waals surface area contributed by atoms with E-state index >= 15 is 0 Å². The molecule has 5 heteroatoms. The van der Waals surface area contributed by atoms with Crippen LogP contribution in [0.25, 0.3) is 0 Å². The first kappa shape index (κ1) is 14.0. The Morgan fingerprint density at radius 3 is 2.39 bits per heavy atom. The van der Waals surface area contributed by atoms with E-state index in [1.165, 1.54) is 0 Å². The van der Waals surface area contributed by atoms with Crippen LogP contribution in [-0.4, -0.2) is 17.3 Å². The van der Waals surface area contributed by atoms with Gasteiger partial charge in [-0.25, -0.2) is 0 Å². The number of halogens is 3. The van der Waals surface area contributed by atoms with Gasteiger partial charge in [0, 0.05) is 17.0 Å². The highest BCUT2D eigenvalue weighted by Crippen LogP contribution is 2.24. The maximum Gasteiger partial charge on any atom is 0.251 e. The van der Waals surface area contributed by atoms with E-state index in [2.05, 4.69) is 5.32 Å². The lowest BCUT2D eigenvalue weighted by molar-refractivity contribution is 0.0928. The molecule has 2 rings (SSSR count). The van der Waals surface area contributed by atoms with Crippen LogP contribution in [0.2, 0.25) is 10.0 Å². The van der Waals surface area contributed by atoms with Gasteiger partial charge < -0.3 is 5.32 Å². The number of hydrogen-bond acceptors (Lipinski definition) is 1. The summed E-state index contributed by atoms with van der Waals surface area (Å²) in [6.07, 6.45) is 3.77. The van der Waals surface area contributed by atoms with Crippen molar-refractivity contribution >= 4 is 40.7 Å². The van der Waals surface area contributed by atoms with E-state index in [1.54, 1.807) is 18.2 Å². The molecule has 1 fully saturated rings. The van der Waals surface area contributed by atoms with E-state index in [0.717, 1.165) is 25.7 Å². The molecule has 0 radical (unpaired) electrons. The Labute approximate surface area is 122 Å². The van der Waals surface area contributed by atoms with Gasteiger partial charge in [-0.3, -0.25) is 4.79 Å². The molecule has 1 aromatic carbocycles. The zero-order valence-corrected chi connectivity index (χ0v) is 12.0. The first-order valence-corrected chi connectivity index (χ1v) is 7.15. The second kappa shape index (κ2) is 6.14. The molecule has 0 unspecified atom stereocenters. The van der Waals surface area contributed by atoms with E-state index in [0.29, 0.717) is 15.6 Å². The molecule has 98 valence electrons. The minimum atomic E-state index is -0.105. The zero-order valence-electron chi connectivity index (χ0n) is 9.76. The van der Waals surface area contributed by atoms with E-state index in [1.807, 2.05) is 0 Å². The van der Waals surface area contributed by atoms with Gasteiger partial charge in [0.25, 0.3) is 5.91 Å². The van der Waals surface area contributed by atoms with Gasteiger partial charge in [-0.15, -0.1) is 11.6 Å². The van der Waals surface area contributed by atoms with Crippen molar-refractivity contribution in [2.45, 2.75) is 37.1 Å². The lowest BCUT2D eigenvalue weighted by Gasteiger charge is -2.25. The number of rotatable bonds is 2. The number of alkyl halides is 1. The summed E-state index contributed by atoms with van der Waals surface area (Å²) in [5, 5.41) is 4.11. The van der Waals surface area contributed by atoms with E-state index < -0.39 is 0 Å². The van der Waals surface area contributed by atoms with Crippen molar-refractivity contribution < 1.29 is 4.79 Å². The van der Waals surface area contributed by atoms with Gasteiger partial charge in [0.1, 0.15) is 0 Å². The fraction of sp³-hybridized carbons (Fsp3) is 0.462. The first-order chi connectivity index (χ1) is 8.56. The number of carbonyl (C=O) groups excluding carboxylic acids is 1. The molecule has 0 aromatic heterocycles. The smallest absolute Gasteiger partial charge is 0.251 e. The average Bonchev–Trinajstić information content (AvgIpc) is 2.35. The highest BCUT2D eigenvalue weighted by Gasteiger charge is 2.21. The molecule has 1 N–H and O–H groups in total. The van der Waals surface area contributed by atoms with Crippen LogP contribution >= 0.6 is 34.8 Å². The van der Waals surface area contributed by atoms with Crippen molar-refractivity contribution in [3.8, 4) is 0 Å². The Hall–Kier alpha value is -0.440. The second-order valence-corrected chi connectivity index (χ2v) is 5.98. The predicted molar refractivity (Wildman–Crippen MR) is 75.8 cm³/mol. The molecule has 1 aromatic rings. The maximum absolute atomic E-state index is 12.0. The minimum Gasteiger partial charge on any atom is -0.349 e. The standard InChI is InChI=1S/C13H14Cl3NO/c14-9-2-4-10(5-3-9)17-13(18)8-1-6-11(15)12(16)7-8/h1,6-7,9-10H,2-5H2,(H,17,18). The molecule has 1 amide bonds. The van der Waals surface area contributed by atoms with Crippen molar-refractivity contribution in [1.29, 1.82) is 0 Å². The van der Waals surface area contributed by atoms with Crippen LogP contribution in [0.3, 0.4) is 0 Å². The predicted octanol–water partition coefficient (Wildman–Crippen LogP) is 4.27. The Balaban J connectivity index is 1.97. The fourth-order valence-corrected chi connectivity index (χ4v) is 2.65. The van der Waals surface area contributed by atoms with Crippen molar-refractivity contribution in [2.24, 2.45) is 0 Å². The topological polar surface area (TPSA) is 29.1 Å². The number of amides is 1. The summed E-state index contributed by atoms with van der Waals surface area (Å²) in [5.41, 5.74) is 0.539. The van der Waals surface area contributed by atoms with Crippen molar-refractivity contribution in [1.82, 2.24) is 5.32 Å². The minimum absolute atomic E-state index is 0.105. The maximum atomic E-state index is 12.0. The molecule has 0 atom stereocenters. The van der Waals surface area contributed by atoms with Crippen LogP contribution < -0.4 is 5.32 Å². The van der Waals surface area contributed by atoms with E-state index in [4.69, 9.17) is 34.8 Å². The van der Waals surface area contributed by atoms with Gasteiger partial charge in [-0.1, -0.05) is 23.2 Å². The molecule has 1 aliphatic rings. The average molecular weight is 307 g/mol. The highest BCUT2D eigenvalue weighted by atomic mass is 35.5. The summed E-state index contributed by atoms with van der Waals surface area (Å²) in [6.45, 7) is 0. The molecule has 0 bridgehead atoms. The molecule has 2 nitrogen and oxygen atoms in total. The number of carbonyl (C=O) groups is 1. The largest absolute Gasteiger partial charge is 0.349 e. The molecular weight excluding hydrogens is 293 g/mol. The molecule has 1 saturated carbocycles. The van der Waals surface area contributed by atoms with Crippen LogP contribution in [0.4, 0.5) is 0 Å². The summed E-state index contributed by atoms with van der Waals surface area (Å²) in [7, 11) is 0. The lowest BCUT2D eigenvalue weighted by Crippen LogP contribution is -2.37. The van der Waals surface area contributed by atoms with Gasteiger partial charge in [-0.2, -0.15) is 0 Å². The molecule has 1 aliphatic carbocycles. The number of hydrogen-bond donors (Lipinski definition) is 1. The Bertz CT molecular complexity index is 442. The molecule has 0 spiro atoms. The summed E-state index contributed by atoms with van der Waals surface area (Å²) >= 11 is 17.7. The summed E-state index contributed by atoms with van der Waals surface area (Å²) < 4.78 is 0. The van der Waals surface area contributed by atoms with Gasteiger partial charge >= 0.3 is 0 Å². The van der Waals surface area contributed by atoms with E-state index in [9.17, 15) is 4.79 Å². The third kappa shape index (κ3) is 3.53. The summed E-state index contributed by atoms with van der Waals surface area (Å²) in [5.74, 6) is -0.105.